The predicted molar refractivity (Wildman–Crippen MR) is 82.2 cm³/mol. The Morgan fingerprint density at radius 2 is 2.05 bits per heavy atom. The number of carbonyl (C=O) groups excluding carboxylic acids is 1. The molecule has 1 aromatic heterocycles. The number of aromatic nitrogens is 1. The van der Waals surface area contributed by atoms with Crippen molar-refractivity contribution in [2.45, 2.75) is 46.0 Å². The van der Waals surface area contributed by atoms with Crippen LogP contribution >= 0.6 is 15.9 Å². The molecule has 1 N–H and O–H groups in total. The molecule has 1 amide bonds. The first-order valence-corrected chi connectivity index (χ1v) is 7.78. The van der Waals surface area contributed by atoms with Crippen LogP contribution in [0.5, 0.6) is 0 Å². The topological polar surface area (TPSA) is 42.0 Å². The van der Waals surface area contributed by atoms with Crippen LogP contribution in [0.2, 0.25) is 0 Å². The monoisotopic (exact) mass is 326 g/mol. The molecule has 0 aliphatic heterocycles. The van der Waals surface area contributed by atoms with Crippen molar-refractivity contribution in [3.8, 4) is 0 Å². The number of unbranched alkanes of at least 4 members (excludes halogenated alkanes) is 3. The van der Waals surface area contributed by atoms with Crippen molar-refractivity contribution < 1.29 is 4.79 Å². The Morgan fingerprint density at radius 1 is 1.32 bits per heavy atom. The third-order valence-electron chi connectivity index (χ3n) is 2.98. The van der Waals surface area contributed by atoms with E-state index in [1.54, 1.807) is 18.3 Å². The van der Waals surface area contributed by atoms with Crippen LogP contribution < -0.4 is 5.32 Å². The molecule has 3 nitrogen and oxygen atoms in total. The average Bonchev–Trinajstić information content (AvgIpc) is 2.37. The lowest BCUT2D eigenvalue weighted by Gasteiger charge is -2.06. The third-order valence-corrected chi connectivity index (χ3v) is 3.42. The molecule has 0 atom stereocenters. The summed E-state index contributed by atoms with van der Waals surface area (Å²) in [6.07, 6.45) is 7.73. The molecule has 0 saturated carbocycles. The van der Waals surface area contributed by atoms with Crippen molar-refractivity contribution in [3.63, 3.8) is 0 Å². The molecule has 1 aromatic rings. The second-order valence-electron chi connectivity index (χ2n) is 5.22. The van der Waals surface area contributed by atoms with Crippen molar-refractivity contribution in [1.82, 2.24) is 10.3 Å². The van der Waals surface area contributed by atoms with Gasteiger partial charge < -0.3 is 5.32 Å². The Balaban J connectivity index is 2.11. The Kier molecular flexibility index (Phi) is 7.72. The highest BCUT2D eigenvalue weighted by molar-refractivity contribution is 9.10. The molecule has 0 bridgehead atoms. The van der Waals surface area contributed by atoms with E-state index in [0.29, 0.717) is 10.2 Å². The van der Waals surface area contributed by atoms with Gasteiger partial charge in [0.05, 0.1) is 0 Å². The van der Waals surface area contributed by atoms with Crippen molar-refractivity contribution >= 4 is 21.8 Å². The molecule has 0 aliphatic carbocycles. The zero-order chi connectivity index (χ0) is 14.1. The van der Waals surface area contributed by atoms with Crippen LogP contribution in [0, 0.1) is 5.92 Å². The largest absolute Gasteiger partial charge is 0.352 e. The van der Waals surface area contributed by atoms with Gasteiger partial charge in [-0.15, -0.1) is 0 Å². The lowest BCUT2D eigenvalue weighted by molar-refractivity contribution is 0.0952. The molecule has 106 valence electrons. The lowest BCUT2D eigenvalue weighted by Crippen LogP contribution is -2.24. The summed E-state index contributed by atoms with van der Waals surface area (Å²) < 4.78 is 0.689. The zero-order valence-corrected chi connectivity index (χ0v) is 13.4. The first-order chi connectivity index (χ1) is 9.09. The number of halogens is 1. The number of carbonyl (C=O) groups is 1. The molecule has 0 saturated heterocycles. The lowest BCUT2D eigenvalue weighted by atomic mass is 10.0. The van der Waals surface area contributed by atoms with E-state index in [1.165, 1.54) is 25.7 Å². The fraction of sp³-hybridized carbons (Fsp3) is 0.600. The van der Waals surface area contributed by atoms with E-state index in [0.717, 1.165) is 18.9 Å². The summed E-state index contributed by atoms with van der Waals surface area (Å²) >= 11 is 3.26. The molecule has 1 rings (SSSR count). The van der Waals surface area contributed by atoms with E-state index in [2.05, 4.69) is 40.1 Å². The van der Waals surface area contributed by atoms with E-state index >= 15 is 0 Å². The van der Waals surface area contributed by atoms with Gasteiger partial charge in [-0.25, -0.2) is 4.98 Å². The van der Waals surface area contributed by atoms with Crippen molar-refractivity contribution in [1.29, 1.82) is 0 Å². The molecule has 0 radical (unpaired) electrons. The molecule has 0 aliphatic rings. The van der Waals surface area contributed by atoms with Gasteiger partial charge in [-0.1, -0.05) is 39.5 Å². The van der Waals surface area contributed by atoms with Gasteiger partial charge in [0.25, 0.3) is 5.91 Å². The van der Waals surface area contributed by atoms with E-state index in [9.17, 15) is 4.79 Å². The van der Waals surface area contributed by atoms with Crippen LogP contribution in [0.1, 0.15) is 56.3 Å². The standard InChI is InChI=1S/C15H23BrN2O/c1-12(2)7-5-3-4-6-9-18-15(19)13-8-10-17-14(16)11-13/h8,10-12H,3-7,9H2,1-2H3,(H,18,19). The van der Waals surface area contributed by atoms with Crippen molar-refractivity contribution in [3.05, 3.63) is 28.5 Å². The maximum Gasteiger partial charge on any atom is 0.251 e. The van der Waals surface area contributed by atoms with Gasteiger partial charge in [0.15, 0.2) is 0 Å². The van der Waals surface area contributed by atoms with Crippen LogP contribution in [0.15, 0.2) is 22.9 Å². The highest BCUT2D eigenvalue weighted by Gasteiger charge is 2.04. The maximum atomic E-state index is 11.8. The summed E-state index contributed by atoms with van der Waals surface area (Å²) in [5, 5.41) is 2.94. The van der Waals surface area contributed by atoms with Crippen molar-refractivity contribution in [2.75, 3.05) is 6.54 Å². The van der Waals surface area contributed by atoms with E-state index in [4.69, 9.17) is 0 Å². The van der Waals surface area contributed by atoms with Gasteiger partial charge in [-0.2, -0.15) is 0 Å². The summed E-state index contributed by atoms with van der Waals surface area (Å²) in [7, 11) is 0. The number of nitrogens with zero attached hydrogens (tertiary/aromatic N) is 1. The minimum Gasteiger partial charge on any atom is -0.352 e. The summed E-state index contributed by atoms with van der Waals surface area (Å²) in [5.74, 6) is 0.773. The molecule has 19 heavy (non-hydrogen) atoms. The van der Waals surface area contributed by atoms with Gasteiger partial charge in [-0.05, 0) is 40.4 Å². The normalized spacial score (nSPS) is 10.7. The van der Waals surface area contributed by atoms with Gasteiger partial charge >= 0.3 is 0 Å². The van der Waals surface area contributed by atoms with Gasteiger partial charge in [0.2, 0.25) is 0 Å². The maximum absolute atomic E-state index is 11.8. The van der Waals surface area contributed by atoms with Gasteiger partial charge in [0, 0.05) is 18.3 Å². The molecule has 0 unspecified atom stereocenters. The Morgan fingerprint density at radius 3 is 2.74 bits per heavy atom. The smallest absolute Gasteiger partial charge is 0.251 e. The summed E-state index contributed by atoms with van der Waals surface area (Å²) in [5.41, 5.74) is 0.654. The first kappa shape index (κ1) is 16.2. The van der Waals surface area contributed by atoms with Crippen LogP contribution in [-0.4, -0.2) is 17.4 Å². The Hall–Kier alpha value is -0.900. The zero-order valence-electron chi connectivity index (χ0n) is 11.8. The molecule has 0 aromatic carbocycles. The minimum absolute atomic E-state index is 0.0229. The molecule has 4 heteroatoms. The van der Waals surface area contributed by atoms with Crippen molar-refractivity contribution in [2.24, 2.45) is 5.92 Å². The fourth-order valence-corrected chi connectivity index (χ4v) is 2.24. The number of pyridine rings is 1. The van der Waals surface area contributed by atoms with E-state index in [-0.39, 0.29) is 5.91 Å². The second kappa shape index (κ2) is 9.08. The van der Waals surface area contributed by atoms with Gasteiger partial charge in [0.1, 0.15) is 4.60 Å². The molecule has 1 heterocycles. The van der Waals surface area contributed by atoms with Crippen LogP contribution in [0.25, 0.3) is 0 Å². The number of amides is 1. The Bertz CT molecular complexity index is 393. The molecular weight excluding hydrogens is 304 g/mol. The number of rotatable bonds is 8. The van der Waals surface area contributed by atoms with Crippen LogP contribution in [0.3, 0.4) is 0 Å². The van der Waals surface area contributed by atoms with E-state index < -0.39 is 0 Å². The highest BCUT2D eigenvalue weighted by Crippen LogP contribution is 2.10. The highest BCUT2D eigenvalue weighted by atomic mass is 79.9. The molecule has 0 fully saturated rings. The van der Waals surface area contributed by atoms with E-state index in [1.807, 2.05) is 0 Å². The molecule has 0 spiro atoms. The number of hydrogen-bond acceptors (Lipinski definition) is 2. The third kappa shape index (κ3) is 7.31. The number of nitrogens with one attached hydrogen (secondary N) is 1. The first-order valence-electron chi connectivity index (χ1n) is 6.99. The quantitative estimate of drug-likeness (QED) is 0.575. The summed E-state index contributed by atoms with van der Waals surface area (Å²) in [6.45, 7) is 5.26. The fourth-order valence-electron chi connectivity index (χ4n) is 1.88. The summed E-state index contributed by atoms with van der Waals surface area (Å²) in [6, 6.07) is 3.46. The SMILES string of the molecule is CC(C)CCCCCCNC(=O)c1ccnc(Br)c1. The van der Waals surface area contributed by atoms with Gasteiger partial charge in [-0.3, -0.25) is 4.79 Å². The Labute approximate surface area is 124 Å². The average molecular weight is 327 g/mol. The minimum atomic E-state index is -0.0229. The summed E-state index contributed by atoms with van der Waals surface area (Å²) in [4.78, 5) is 15.8. The van der Waals surface area contributed by atoms with Crippen LogP contribution in [-0.2, 0) is 0 Å². The predicted octanol–water partition coefficient (Wildman–Crippen LogP) is 4.18. The molecular formula is C15H23BrN2O. The second-order valence-corrected chi connectivity index (χ2v) is 6.03. The van der Waals surface area contributed by atoms with Crippen LogP contribution in [0.4, 0.5) is 0 Å². The number of hydrogen-bond donors (Lipinski definition) is 1.